The minimum Gasteiger partial charge on any atom is -0.347 e. The molecule has 140 valence electrons. The van der Waals surface area contributed by atoms with Crippen molar-refractivity contribution in [2.45, 2.75) is 6.54 Å². The molecule has 1 aromatic heterocycles. The Kier molecular flexibility index (Phi) is 5.79. The van der Waals surface area contributed by atoms with Crippen LogP contribution in [0.4, 0.5) is 5.69 Å². The second-order valence-corrected chi connectivity index (χ2v) is 8.80. The summed E-state index contributed by atoms with van der Waals surface area (Å²) in [5.74, 6) is -0.333. The minimum atomic E-state index is -3.40. The van der Waals surface area contributed by atoms with E-state index in [4.69, 9.17) is 11.6 Å². The van der Waals surface area contributed by atoms with Gasteiger partial charge in [0.05, 0.1) is 11.9 Å². The molecule has 1 amide bonds. The fourth-order valence-corrected chi connectivity index (χ4v) is 3.87. The van der Waals surface area contributed by atoms with Gasteiger partial charge in [-0.1, -0.05) is 41.9 Å². The van der Waals surface area contributed by atoms with E-state index in [2.05, 4.69) is 15.0 Å². The van der Waals surface area contributed by atoms with Crippen molar-refractivity contribution in [1.82, 2.24) is 10.3 Å². The Hall–Kier alpha value is -2.42. The van der Waals surface area contributed by atoms with Crippen LogP contribution in [-0.2, 0) is 16.6 Å². The Morgan fingerprint density at radius 1 is 1.15 bits per heavy atom. The highest BCUT2D eigenvalue weighted by Gasteiger charge is 2.13. The standard InChI is InChI=1S/C18H16ClN3O3S2/c1-27(24,25)22-15-5-3-2-4-13(15)10-20-17(23)16-11-26-18(21-16)12-6-8-14(19)9-7-12/h2-9,11,22H,10H2,1H3,(H,20,23). The van der Waals surface area contributed by atoms with Gasteiger partial charge in [-0.15, -0.1) is 11.3 Å². The van der Waals surface area contributed by atoms with Gasteiger partial charge < -0.3 is 5.32 Å². The van der Waals surface area contributed by atoms with Crippen LogP contribution in [0.15, 0.2) is 53.9 Å². The summed E-state index contributed by atoms with van der Waals surface area (Å²) >= 11 is 7.25. The Morgan fingerprint density at radius 2 is 1.85 bits per heavy atom. The zero-order chi connectivity index (χ0) is 19.4. The summed E-state index contributed by atoms with van der Waals surface area (Å²) in [6.07, 6.45) is 1.08. The quantitative estimate of drug-likeness (QED) is 0.634. The lowest BCUT2D eigenvalue weighted by atomic mass is 10.2. The van der Waals surface area contributed by atoms with Gasteiger partial charge in [0.15, 0.2) is 0 Å². The number of aromatic nitrogens is 1. The van der Waals surface area contributed by atoms with Gasteiger partial charge in [-0.3, -0.25) is 9.52 Å². The molecule has 6 nitrogen and oxygen atoms in total. The average Bonchev–Trinajstić information content (AvgIpc) is 3.10. The van der Waals surface area contributed by atoms with E-state index in [0.717, 1.165) is 16.8 Å². The highest BCUT2D eigenvalue weighted by Crippen LogP contribution is 2.25. The third kappa shape index (κ3) is 5.29. The fourth-order valence-electron chi connectivity index (χ4n) is 2.34. The maximum Gasteiger partial charge on any atom is 0.271 e. The number of rotatable bonds is 6. The third-order valence-electron chi connectivity index (χ3n) is 3.58. The number of sulfonamides is 1. The molecule has 3 rings (SSSR count). The number of thiazole rings is 1. The lowest BCUT2D eigenvalue weighted by molar-refractivity contribution is 0.0947. The Bertz CT molecular complexity index is 1060. The number of carbonyl (C=O) groups is 1. The zero-order valence-corrected chi connectivity index (χ0v) is 16.7. The van der Waals surface area contributed by atoms with Crippen LogP contribution in [0.5, 0.6) is 0 Å². The molecule has 2 N–H and O–H groups in total. The number of hydrogen-bond donors (Lipinski definition) is 2. The van der Waals surface area contributed by atoms with Crippen molar-refractivity contribution < 1.29 is 13.2 Å². The van der Waals surface area contributed by atoms with Gasteiger partial charge in [0.25, 0.3) is 5.91 Å². The number of benzene rings is 2. The Morgan fingerprint density at radius 3 is 2.56 bits per heavy atom. The zero-order valence-electron chi connectivity index (χ0n) is 14.3. The predicted molar refractivity (Wildman–Crippen MR) is 109 cm³/mol. The van der Waals surface area contributed by atoms with Gasteiger partial charge in [-0.05, 0) is 23.8 Å². The molecule has 0 aliphatic carbocycles. The first-order valence-corrected chi connectivity index (χ1v) is 11.0. The molecular formula is C18H16ClN3O3S2. The second-order valence-electron chi connectivity index (χ2n) is 5.76. The molecule has 0 aliphatic rings. The van der Waals surface area contributed by atoms with E-state index in [1.54, 1.807) is 41.8 Å². The van der Waals surface area contributed by atoms with Gasteiger partial charge in [-0.2, -0.15) is 0 Å². The van der Waals surface area contributed by atoms with E-state index in [-0.39, 0.29) is 12.5 Å². The molecule has 1 heterocycles. The van der Waals surface area contributed by atoms with Crippen molar-refractivity contribution in [3.8, 4) is 10.6 Å². The molecule has 0 saturated heterocycles. The first-order chi connectivity index (χ1) is 12.8. The first-order valence-electron chi connectivity index (χ1n) is 7.87. The van der Waals surface area contributed by atoms with E-state index in [0.29, 0.717) is 22.0 Å². The number of halogens is 1. The maximum atomic E-state index is 12.4. The molecule has 0 unspecified atom stereocenters. The van der Waals surface area contributed by atoms with E-state index >= 15 is 0 Å². The SMILES string of the molecule is CS(=O)(=O)Nc1ccccc1CNC(=O)c1csc(-c2ccc(Cl)cc2)n1. The predicted octanol–water partition coefficient (Wildman–Crippen LogP) is 3.77. The van der Waals surface area contributed by atoms with Gasteiger partial charge in [0.1, 0.15) is 10.7 Å². The normalized spacial score (nSPS) is 11.2. The van der Waals surface area contributed by atoms with Crippen LogP contribution in [0.25, 0.3) is 10.6 Å². The van der Waals surface area contributed by atoms with Gasteiger partial charge in [0.2, 0.25) is 10.0 Å². The van der Waals surface area contributed by atoms with Crippen molar-refractivity contribution in [3.63, 3.8) is 0 Å². The summed E-state index contributed by atoms with van der Waals surface area (Å²) < 4.78 is 25.4. The molecule has 0 aliphatic heterocycles. The van der Waals surface area contributed by atoms with Crippen LogP contribution in [0, 0.1) is 0 Å². The third-order valence-corrected chi connectivity index (χ3v) is 5.31. The molecule has 0 atom stereocenters. The fraction of sp³-hybridized carbons (Fsp3) is 0.111. The van der Waals surface area contributed by atoms with Gasteiger partial charge in [-0.25, -0.2) is 13.4 Å². The summed E-state index contributed by atoms with van der Waals surface area (Å²) in [6.45, 7) is 0.172. The average molecular weight is 422 g/mol. The van der Waals surface area contributed by atoms with Crippen LogP contribution in [-0.4, -0.2) is 25.6 Å². The van der Waals surface area contributed by atoms with E-state index in [9.17, 15) is 13.2 Å². The number of hydrogen-bond acceptors (Lipinski definition) is 5. The molecule has 0 fully saturated rings. The number of nitrogens with zero attached hydrogens (tertiary/aromatic N) is 1. The van der Waals surface area contributed by atoms with E-state index < -0.39 is 10.0 Å². The van der Waals surface area contributed by atoms with Gasteiger partial charge >= 0.3 is 0 Å². The summed E-state index contributed by atoms with van der Waals surface area (Å²) in [4.78, 5) is 16.7. The summed E-state index contributed by atoms with van der Waals surface area (Å²) in [7, 11) is -3.40. The summed E-state index contributed by atoms with van der Waals surface area (Å²) in [6, 6.07) is 14.1. The molecule has 0 bridgehead atoms. The van der Waals surface area contributed by atoms with Crippen LogP contribution in [0.2, 0.25) is 5.02 Å². The number of para-hydroxylation sites is 1. The monoisotopic (exact) mass is 421 g/mol. The molecule has 9 heteroatoms. The number of carbonyl (C=O) groups excluding carboxylic acids is 1. The van der Waals surface area contributed by atoms with Crippen LogP contribution in [0.3, 0.4) is 0 Å². The second kappa shape index (κ2) is 8.08. The Balaban J connectivity index is 1.70. The van der Waals surface area contributed by atoms with Crippen molar-refractivity contribution in [2.75, 3.05) is 11.0 Å². The molecule has 0 spiro atoms. The molecule has 27 heavy (non-hydrogen) atoms. The van der Waals surface area contributed by atoms with Crippen molar-refractivity contribution >= 4 is 44.6 Å². The molecule has 3 aromatic rings. The van der Waals surface area contributed by atoms with E-state index in [1.165, 1.54) is 11.3 Å². The lowest BCUT2D eigenvalue weighted by Gasteiger charge is -2.11. The minimum absolute atomic E-state index is 0.172. The van der Waals surface area contributed by atoms with Gasteiger partial charge in [0, 0.05) is 22.5 Å². The molecule has 2 aromatic carbocycles. The first kappa shape index (κ1) is 19.3. The highest BCUT2D eigenvalue weighted by atomic mass is 35.5. The van der Waals surface area contributed by atoms with Crippen LogP contribution in [0.1, 0.15) is 16.1 Å². The van der Waals surface area contributed by atoms with Crippen molar-refractivity contribution in [3.05, 3.63) is 70.2 Å². The maximum absolute atomic E-state index is 12.4. The molecule has 0 radical (unpaired) electrons. The molecule has 0 saturated carbocycles. The molecular weight excluding hydrogens is 406 g/mol. The summed E-state index contributed by atoms with van der Waals surface area (Å²) in [5, 5.41) is 5.80. The van der Waals surface area contributed by atoms with Crippen molar-refractivity contribution in [2.24, 2.45) is 0 Å². The topological polar surface area (TPSA) is 88.2 Å². The Labute approximate surface area is 166 Å². The van der Waals surface area contributed by atoms with E-state index in [1.807, 2.05) is 12.1 Å². The van der Waals surface area contributed by atoms with Crippen LogP contribution < -0.4 is 10.0 Å². The highest BCUT2D eigenvalue weighted by molar-refractivity contribution is 7.92. The van der Waals surface area contributed by atoms with Crippen molar-refractivity contribution in [1.29, 1.82) is 0 Å². The number of nitrogens with one attached hydrogen (secondary N) is 2. The lowest BCUT2D eigenvalue weighted by Crippen LogP contribution is -2.24. The summed E-state index contributed by atoms with van der Waals surface area (Å²) in [5.41, 5.74) is 2.27. The number of anilines is 1. The smallest absolute Gasteiger partial charge is 0.271 e. The largest absolute Gasteiger partial charge is 0.347 e. The van der Waals surface area contributed by atoms with Crippen LogP contribution >= 0.6 is 22.9 Å². The number of amides is 1.